The number of carbonyl (C=O) groups is 1. The van der Waals surface area contributed by atoms with Gasteiger partial charge in [-0.1, -0.05) is 25.0 Å². The van der Waals surface area contributed by atoms with Crippen molar-refractivity contribution in [3.05, 3.63) is 23.8 Å². The van der Waals surface area contributed by atoms with Crippen molar-refractivity contribution in [3.63, 3.8) is 0 Å². The number of benzene rings is 1. The summed E-state index contributed by atoms with van der Waals surface area (Å²) in [7, 11) is 4.99. The van der Waals surface area contributed by atoms with Gasteiger partial charge < -0.3 is 20.1 Å². The third kappa shape index (κ3) is 3.13. The lowest BCUT2D eigenvalue weighted by atomic mass is 9.97. The summed E-state index contributed by atoms with van der Waals surface area (Å²) in [5.41, 5.74) is 6.45. The molecule has 1 fully saturated rings. The third-order valence-electron chi connectivity index (χ3n) is 4.16. The van der Waals surface area contributed by atoms with E-state index in [1.807, 2.05) is 18.2 Å². The van der Waals surface area contributed by atoms with E-state index in [0.29, 0.717) is 18.0 Å². The molecule has 0 spiro atoms. The number of methoxy groups -OCH3 is 2. The molecule has 0 heterocycles. The van der Waals surface area contributed by atoms with E-state index in [0.717, 1.165) is 31.2 Å². The number of amides is 1. The SMILES string of the molecule is COc1cccc(CN(C)C(=O)C2(N)CCCC2)c1OC. The molecule has 0 saturated heterocycles. The number of hydrogen-bond donors (Lipinski definition) is 1. The van der Waals surface area contributed by atoms with Crippen molar-refractivity contribution in [1.29, 1.82) is 0 Å². The number of carbonyl (C=O) groups excluding carboxylic acids is 1. The summed E-state index contributed by atoms with van der Waals surface area (Å²) in [5, 5.41) is 0. The second-order valence-electron chi connectivity index (χ2n) is 5.68. The first kappa shape index (κ1) is 15.6. The van der Waals surface area contributed by atoms with E-state index in [1.54, 1.807) is 26.2 Å². The van der Waals surface area contributed by atoms with Crippen molar-refractivity contribution in [1.82, 2.24) is 4.90 Å². The Balaban J connectivity index is 2.16. The van der Waals surface area contributed by atoms with Crippen molar-refractivity contribution in [2.24, 2.45) is 5.73 Å². The Bertz CT molecular complexity index is 510. The summed E-state index contributed by atoms with van der Waals surface area (Å²) in [5.74, 6) is 1.33. The molecule has 2 N–H and O–H groups in total. The van der Waals surface area contributed by atoms with Gasteiger partial charge in [0.05, 0.1) is 19.8 Å². The zero-order valence-corrected chi connectivity index (χ0v) is 13.0. The highest BCUT2D eigenvalue weighted by Gasteiger charge is 2.39. The van der Waals surface area contributed by atoms with E-state index >= 15 is 0 Å². The fraction of sp³-hybridized carbons (Fsp3) is 0.562. The monoisotopic (exact) mass is 292 g/mol. The predicted octanol–water partition coefficient (Wildman–Crippen LogP) is 1.93. The van der Waals surface area contributed by atoms with Crippen LogP contribution in [0.1, 0.15) is 31.2 Å². The van der Waals surface area contributed by atoms with E-state index in [9.17, 15) is 4.79 Å². The van der Waals surface area contributed by atoms with Gasteiger partial charge in [0, 0.05) is 19.2 Å². The van der Waals surface area contributed by atoms with Gasteiger partial charge in [-0.15, -0.1) is 0 Å². The first-order valence-electron chi connectivity index (χ1n) is 7.26. The first-order valence-corrected chi connectivity index (χ1v) is 7.26. The molecule has 1 aliphatic rings. The summed E-state index contributed by atoms with van der Waals surface area (Å²) < 4.78 is 10.7. The summed E-state index contributed by atoms with van der Waals surface area (Å²) in [6.45, 7) is 0.457. The van der Waals surface area contributed by atoms with Crippen LogP contribution in [0.4, 0.5) is 0 Å². The highest BCUT2D eigenvalue weighted by molar-refractivity contribution is 5.86. The van der Waals surface area contributed by atoms with Crippen LogP contribution in [-0.4, -0.2) is 37.6 Å². The highest BCUT2D eigenvalue weighted by atomic mass is 16.5. The van der Waals surface area contributed by atoms with Gasteiger partial charge in [0.15, 0.2) is 11.5 Å². The topological polar surface area (TPSA) is 64.8 Å². The smallest absolute Gasteiger partial charge is 0.242 e. The average molecular weight is 292 g/mol. The Morgan fingerprint density at radius 2 is 1.95 bits per heavy atom. The van der Waals surface area contributed by atoms with Gasteiger partial charge >= 0.3 is 0 Å². The number of likely N-dealkylation sites (N-methyl/N-ethyl adjacent to an activating group) is 1. The van der Waals surface area contributed by atoms with E-state index in [1.165, 1.54) is 0 Å². The van der Waals surface area contributed by atoms with Crippen molar-refractivity contribution in [3.8, 4) is 11.5 Å². The van der Waals surface area contributed by atoms with Gasteiger partial charge in [-0.25, -0.2) is 0 Å². The van der Waals surface area contributed by atoms with Crippen LogP contribution in [0.5, 0.6) is 11.5 Å². The van der Waals surface area contributed by atoms with Crippen LogP contribution < -0.4 is 15.2 Å². The Morgan fingerprint density at radius 3 is 2.52 bits per heavy atom. The lowest BCUT2D eigenvalue weighted by Crippen LogP contribution is -2.52. The van der Waals surface area contributed by atoms with Gasteiger partial charge in [-0.2, -0.15) is 0 Å². The van der Waals surface area contributed by atoms with Crippen molar-refractivity contribution in [2.75, 3.05) is 21.3 Å². The molecule has 0 unspecified atom stereocenters. The molecule has 0 radical (unpaired) electrons. The molecule has 1 amide bonds. The molecule has 2 rings (SSSR count). The van der Waals surface area contributed by atoms with Gasteiger partial charge in [0.25, 0.3) is 0 Å². The third-order valence-corrected chi connectivity index (χ3v) is 4.16. The first-order chi connectivity index (χ1) is 10.0. The lowest BCUT2D eigenvalue weighted by Gasteiger charge is -2.29. The second-order valence-corrected chi connectivity index (χ2v) is 5.68. The minimum absolute atomic E-state index is 0.00451. The Kier molecular flexibility index (Phi) is 4.73. The predicted molar refractivity (Wildman–Crippen MR) is 81.4 cm³/mol. The van der Waals surface area contributed by atoms with Crippen LogP contribution in [0.3, 0.4) is 0 Å². The quantitative estimate of drug-likeness (QED) is 0.900. The van der Waals surface area contributed by atoms with Crippen LogP contribution in [0.2, 0.25) is 0 Å². The number of nitrogens with zero attached hydrogens (tertiary/aromatic N) is 1. The van der Waals surface area contributed by atoms with E-state index < -0.39 is 5.54 Å². The van der Waals surface area contributed by atoms with Crippen LogP contribution in [0.25, 0.3) is 0 Å². The van der Waals surface area contributed by atoms with Gasteiger partial charge in [-0.05, 0) is 18.9 Å². The standard InChI is InChI=1S/C16H24N2O3/c1-18(15(19)16(17)9-4-5-10-16)11-12-7-6-8-13(20-2)14(12)21-3/h6-8H,4-5,9-11,17H2,1-3H3. The van der Waals surface area contributed by atoms with Crippen LogP contribution in [0.15, 0.2) is 18.2 Å². The van der Waals surface area contributed by atoms with Crippen LogP contribution >= 0.6 is 0 Å². The molecule has 1 saturated carbocycles. The summed E-state index contributed by atoms with van der Waals surface area (Å²) in [6.07, 6.45) is 3.59. The Labute approximate surface area is 126 Å². The zero-order chi connectivity index (χ0) is 15.5. The molecule has 0 bridgehead atoms. The molecule has 5 nitrogen and oxygen atoms in total. The van der Waals surface area contributed by atoms with Crippen molar-refractivity contribution >= 4 is 5.91 Å². The van der Waals surface area contributed by atoms with E-state index in [2.05, 4.69) is 0 Å². The number of nitrogens with two attached hydrogens (primary N) is 1. The van der Waals surface area contributed by atoms with E-state index in [4.69, 9.17) is 15.2 Å². The minimum Gasteiger partial charge on any atom is -0.493 e. The highest BCUT2D eigenvalue weighted by Crippen LogP contribution is 2.33. The van der Waals surface area contributed by atoms with Gasteiger partial charge in [0.1, 0.15) is 0 Å². The average Bonchev–Trinajstić information content (AvgIpc) is 2.94. The molecule has 1 aromatic carbocycles. The summed E-state index contributed by atoms with van der Waals surface area (Å²) in [4.78, 5) is 14.2. The largest absolute Gasteiger partial charge is 0.493 e. The van der Waals surface area contributed by atoms with Crippen LogP contribution in [-0.2, 0) is 11.3 Å². The summed E-state index contributed by atoms with van der Waals surface area (Å²) >= 11 is 0. The summed E-state index contributed by atoms with van der Waals surface area (Å²) in [6, 6.07) is 5.66. The molecule has 5 heteroatoms. The normalized spacial score (nSPS) is 16.6. The molecular formula is C16H24N2O3. The van der Waals surface area contributed by atoms with Gasteiger partial charge in [0.2, 0.25) is 5.91 Å². The minimum atomic E-state index is -0.694. The number of ether oxygens (including phenoxy) is 2. The maximum atomic E-state index is 12.6. The van der Waals surface area contributed by atoms with Crippen molar-refractivity contribution in [2.45, 2.75) is 37.8 Å². The van der Waals surface area contributed by atoms with Crippen molar-refractivity contribution < 1.29 is 14.3 Å². The van der Waals surface area contributed by atoms with Crippen LogP contribution in [0, 0.1) is 0 Å². The fourth-order valence-electron chi connectivity index (χ4n) is 3.01. The molecule has 0 atom stereocenters. The van der Waals surface area contributed by atoms with Gasteiger partial charge in [-0.3, -0.25) is 4.79 Å². The molecule has 1 aliphatic carbocycles. The molecule has 1 aromatic rings. The molecule has 0 aliphatic heterocycles. The Morgan fingerprint density at radius 1 is 1.29 bits per heavy atom. The molecule has 21 heavy (non-hydrogen) atoms. The fourth-order valence-corrected chi connectivity index (χ4v) is 3.01. The maximum absolute atomic E-state index is 12.6. The lowest BCUT2D eigenvalue weighted by molar-refractivity contribution is -0.136. The number of hydrogen-bond acceptors (Lipinski definition) is 4. The Hall–Kier alpha value is -1.75. The van der Waals surface area contributed by atoms with E-state index in [-0.39, 0.29) is 5.91 Å². The molecular weight excluding hydrogens is 268 g/mol. The zero-order valence-electron chi connectivity index (χ0n) is 13.0. The molecule has 0 aromatic heterocycles. The maximum Gasteiger partial charge on any atom is 0.242 e. The molecule has 116 valence electrons. The second kappa shape index (κ2) is 6.35. The number of para-hydroxylation sites is 1. The number of rotatable bonds is 5.